The van der Waals surface area contributed by atoms with Crippen molar-refractivity contribution in [1.82, 2.24) is 4.90 Å². The number of carboxylic acids is 1. The Kier molecular flexibility index (Phi) is 4.95. The molecule has 110 valence electrons. The zero-order valence-electron chi connectivity index (χ0n) is 12.2. The van der Waals surface area contributed by atoms with E-state index < -0.39 is 5.97 Å². The Labute approximate surface area is 124 Å². The molecule has 4 nitrogen and oxygen atoms in total. The van der Waals surface area contributed by atoms with Gasteiger partial charge in [0.2, 0.25) is 0 Å². The van der Waals surface area contributed by atoms with Crippen molar-refractivity contribution in [3.63, 3.8) is 0 Å². The Hall–Kier alpha value is -2.33. The minimum atomic E-state index is -0.976. The van der Waals surface area contributed by atoms with Gasteiger partial charge in [-0.3, -0.25) is 0 Å². The quantitative estimate of drug-likeness (QED) is 0.886. The number of benzene rings is 2. The maximum Gasteiger partial charge on any atom is 0.341 e. The molecule has 0 aromatic heterocycles. The van der Waals surface area contributed by atoms with Crippen LogP contribution >= 0.6 is 0 Å². The normalized spacial score (nSPS) is 10.6. The number of hydrogen-bond donors (Lipinski definition) is 1. The lowest BCUT2D eigenvalue weighted by atomic mass is 9.99. The highest BCUT2D eigenvalue weighted by Gasteiger charge is 2.06. The molecule has 2 aromatic carbocycles. The van der Waals surface area contributed by atoms with Crippen molar-refractivity contribution in [3.8, 4) is 16.9 Å². The van der Waals surface area contributed by atoms with E-state index in [1.807, 2.05) is 38.4 Å². The third-order valence-electron chi connectivity index (χ3n) is 3.03. The smallest absolute Gasteiger partial charge is 0.341 e. The summed E-state index contributed by atoms with van der Waals surface area (Å²) >= 11 is 0. The highest BCUT2D eigenvalue weighted by molar-refractivity contribution is 5.69. The van der Waals surface area contributed by atoms with E-state index in [4.69, 9.17) is 9.84 Å². The summed E-state index contributed by atoms with van der Waals surface area (Å²) in [6.45, 7) is 0.546. The molecule has 0 atom stereocenters. The number of ether oxygens (including phenoxy) is 1. The van der Waals surface area contributed by atoms with Crippen molar-refractivity contribution >= 4 is 5.97 Å². The molecule has 0 heterocycles. The number of hydrogen-bond acceptors (Lipinski definition) is 3. The van der Waals surface area contributed by atoms with Gasteiger partial charge in [0.25, 0.3) is 0 Å². The van der Waals surface area contributed by atoms with Gasteiger partial charge in [0.1, 0.15) is 5.75 Å². The third kappa shape index (κ3) is 4.33. The van der Waals surface area contributed by atoms with E-state index in [0.717, 1.165) is 12.1 Å². The molecule has 0 bridgehead atoms. The topological polar surface area (TPSA) is 49.8 Å². The minimum Gasteiger partial charge on any atom is -0.482 e. The van der Waals surface area contributed by atoms with Crippen LogP contribution in [0.15, 0.2) is 48.5 Å². The molecule has 2 aromatic rings. The highest BCUT2D eigenvalue weighted by atomic mass is 16.5. The fourth-order valence-corrected chi connectivity index (χ4v) is 2.16. The average Bonchev–Trinajstić information content (AvgIpc) is 2.46. The van der Waals surface area contributed by atoms with Crippen LogP contribution in [-0.4, -0.2) is 36.7 Å². The molecule has 21 heavy (non-hydrogen) atoms. The molecule has 0 saturated carbocycles. The van der Waals surface area contributed by atoms with Gasteiger partial charge in [0.05, 0.1) is 0 Å². The first-order valence-corrected chi connectivity index (χ1v) is 6.74. The van der Waals surface area contributed by atoms with Crippen LogP contribution in [-0.2, 0) is 11.3 Å². The standard InChI is InChI=1S/C17H19NO3/c1-18(2)11-14-5-3-4-6-16(14)13-7-9-15(10-8-13)21-12-17(19)20/h3-10H,11-12H2,1-2H3,(H,19,20). The van der Waals surface area contributed by atoms with E-state index in [2.05, 4.69) is 17.0 Å². The predicted molar refractivity (Wildman–Crippen MR) is 82.4 cm³/mol. The van der Waals surface area contributed by atoms with Crippen molar-refractivity contribution in [1.29, 1.82) is 0 Å². The van der Waals surface area contributed by atoms with Gasteiger partial charge in [-0.25, -0.2) is 4.79 Å². The SMILES string of the molecule is CN(C)Cc1ccccc1-c1ccc(OCC(=O)O)cc1. The lowest BCUT2D eigenvalue weighted by Gasteiger charge is -2.14. The molecule has 1 N–H and O–H groups in total. The molecule has 0 unspecified atom stereocenters. The second-order valence-corrected chi connectivity index (χ2v) is 5.10. The van der Waals surface area contributed by atoms with Crippen LogP contribution in [0.25, 0.3) is 11.1 Å². The number of rotatable bonds is 6. The van der Waals surface area contributed by atoms with E-state index in [1.54, 1.807) is 12.1 Å². The molecular weight excluding hydrogens is 266 g/mol. The zero-order valence-corrected chi connectivity index (χ0v) is 12.2. The Bertz CT molecular complexity index is 606. The first-order valence-electron chi connectivity index (χ1n) is 6.74. The first kappa shape index (κ1) is 15.1. The molecule has 0 aliphatic heterocycles. The fourth-order valence-electron chi connectivity index (χ4n) is 2.16. The Balaban J connectivity index is 2.20. The van der Waals surface area contributed by atoms with E-state index in [1.165, 1.54) is 11.1 Å². The molecule has 0 aliphatic rings. The maximum absolute atomic E-state index is 10.5. The molecule has 0 spiro atoms. The summed E-state index contributed by atoms with van der Waals surface area (Å²) in [6, 6.07) is 15.7. The van der Waals surface area contributed by atoms with Crippen molar-refractivity contribution in [2.45, 2.75) is 6.54 Å². The van der Waals surface area contributed by atoms with Crippen molar-refractivity contribution in [3.05, 3.63) is 54.1 Å². The van der Waals surface area contributed by atoms with Crippen molar-refractivity contribution < 1.29 is 14.6 Å². The molecule has 2 rings (SSSR count). The fraction of sp³-hybridized carbons (Fsp3) is 0.235. The van der Waals surface area contributed by atoms with Gasteiger partial charge in [-0.05, 0) is 42.9 Å². The van der Waals surface area contributed by atoms with Gasteiger partial charge >= 0.3 is 5.97 Å². The zero-order chi connectivity index (χ0) is 15.2. The Morgan fingerprint density at radius 3 is 2.38 bits per heavy atom. The molecule has 0 fully saturated rings. The van der Waals surface area contributed by atoms with Crippen LogP contribution < -0.4 is 4.74 Å². The van der Waals surface area contributed by atoms with Gasteiger partial charge in [0, 0.05) is 6.54 Å². The summed E-state index contributed by atoms with van der Waals surface area (Å²) < 4.78 is 5.15. The average molecular weight is 285 g/mol. The van der Waals surface area contributed by atoms with Crippen LogP contribution in [0.5, 0.6) is 5.75 Å². The minimum absolute atomic E-state index is 0.323. The molecule has 0 amide bonds. The van der Waals surface area contributed by atoms with Crippen LogP contribution in [0.3, 0.4) is 0 Å². The second kappa shape index (κ2) is 6.90. The van der Waals surface area contributed by atoms with Gasteiger partial charge < -0.3 is 14.7 Å². The molecule has 4 heteroatoms. The lowest BCUT2D eigenvalue weighted by molar-refractivity contribution is -0.139. The van der Waals surface area contributed by atoms with Crippen molar-refractivity contribution in [2.24, 2.45) is 0 Å². The Morgan fingerprint density at radius 2 is 1.76 bits per heavy atom. The van der Waals surface area contributed by atoms with E-state index in [0.29, 0.717) is 5.75 Å². The summed E-state index contributed by atoms with van der Waals surface area (Å²) in [7, 11) is 4.08. The number of carbonyl (C=O) groups is 1. The summed E-state index contributed by atoms with van der Waals surface area (Å²) in [5, 5.41) is 8.60. The summed E-state index contributed by atoms with van der Waals surface area (Å²) in [4.78, 5) is 12.6. The molecule has 0 aliphatic carbocycles. The van der Waals surface area contributed by atoms with E-state index in [9.17, 15) is 4.79 Å². The summed E-state index contributed by atoms with van der Waals surface area (Å²) in [5.74, 6) is -0.415. The first-order chi connectivity index (χ1) is 10.1. The van der Waals surface area contributed by atoms with E-state index in [-0.39, 0.29) is 6.61 Å². The van der Waals surface area contributed by atoms with Gasteiger partial charge in [0.15, 0.2) is 6.61 Å². The largest absolute Gasteiger partial charge is 0.482 e. The molecule has 0 saturated heterocycles. The summed E-state index contributed by atoms with van der Waals surface area (Å²) in [5.41, 5.74) is 3.52. The predicted octanol–water partition coefficient (Wildman–Crippen LogP) is 2.88. The van der Waals surface area contributed by atoms with Gasteiger partial charge in [-0.15, -0.1) is 0 Å². The number of carboxylic acid groups (broad SMARTS) is 1. The molecule has 0 radical (unpaired) electrons. The molecular formula is C17H19NO3. The van der Waals surface area contributed by atoms with Gasteiger partial charge in [-0.1, -0.05) is 36.4 Å². The third-order valence-corrected chi connectivity index (χ3v) is 3.03. The van der Waals surface area contributed by atoms with Crippen LogP contribution in [0.2, 0.25) is 0 Å². The van der Waals surface area contributed by atoms with Crippen LogP contribution in [0.4, 0.5) is 0 Å². The van der Waals surface area contributed by atoms with Crippen molar-refractivity contribution in [2.75, 3.05) is 20.7 Å². The number of nitrogens with zero attached hydrogens (tertiary/aromatic N) is 1. The maximum atomic E-state index is 10.5. The summed E-state index contributed by atoms with van der Waals surface area (Å²) in [6.07, 6.45) is 0. The van der Waals surface area contributed by atoms with Crippen LogP contribution in [0, 0.1) is 0 Å². The van der Waals surface area contributed by atoms with Crippen LogP contribution in [0.1, 0.15) is 5.56 Å². The Morgan fingerprint density at radius 1 is 1.10 bits per heavy atom. The monoisotopic (exact) mass is 285 g/mol. The second-order valence-electron chi connectivity index (χ2n) is 5.10. The highest BCUT2D eigenvalue weighted by Crippen LogP contribution is 2.26. The lowest BCUT2D eigenvalue weighted by Crippen LogP contribution is -2.11. The van der Waals surface area contributed by atoms with E-state index >= 15 is 0 Å². The van der Waals surface area contributed by atoms with Gasteiger partial charge in [-0.2, -0.15) is 0 Å². The number of aliphatic carboxylic acids is 1.